The molecule has 1 aromatic rings. The summed E-state index contributed by atoms with van der Waals surface area (Å²) in [5.74, 6) is 0. The predicted octanol–water partition coefficient (Wildman–Crippen LogP) is -0.810. The van der Waals surface area contributed by atoms with Crippen LogP contribution in [0.4, 0.5) is 0 Å². The van der Waals surface area contributed by atoms with Gasteiger partial charge in [0.05, 0.1) is 19.3 Å². The first-order chi connectivity index (χ1) is 12.3. The Kier molecular flexibility index (Phi) is 7.18. The third-order valence-corrected chi connectivity index (χ3v) is 4.31. The molecule has 2 heterocycles. The molecule has 0 amide bonds. The Bertz CT molecular complexity index is 749. The van der Waals surface area contributed by atoms with Crippen molar-refractivity contribution in [2.45, 2.75) is 44.5 Å². The predicted molar refractivity (Wildman–Crippen MR) is 88.0 cm³/mol. The van der Waals surface area contributed by atoms with E-state index < -0.39 is 56.8 Å². The van der Waals surface area contributed by atoms with Crippen LogP contribution in [-0.2, 0) is 23.3 Å². The van der Waals surface area contributed by atoms with E-state index in [1.807, 2.05) is 0 Å². The molecule has 2 rings (SSSR count). The molecule has 0 saturated carbocycles. The standard InChI is InChI=1S/C14H21N2O9P/c1-7-4-16(14(19)15-12(7)18)13-11(23-8(2)6-22-3)10(25-26(20)21)9(5-17)24-13/h4,8-11,13,17H,5-6H2,1-3H3,(H-,15,18,19,20,21)/p+1. The van der Waals surface area contributed by atoms with Crippen LogP contribution in [-0.4, -0.2) is 64.3 Å². The summed E-state index contributed by atoms with van der Waals surface area (Å²) < 4.78 is 33.7. The molecule has 0 aliphatic carbocycles. The Morgan fingerprint density at radius 2 is 2.12 bits per heavy atom. The highest BCUT2D eigenvalue weighted by Crippen LogP contribution is 2.37. The number of nitrogens with zero attached hydrogens (tertiary/aromatic N) is 1. The molecular weight excluding hydrogens is 371 g/mol. The number of hydrogen-bond acceptors (Lipinski definition) is 8. The summed E-state index contributed by atoms with van der Waals surface area (Å²) >= 11 is 0. The van der Waals surface area contributed by atoms with Gasteiger partial charge in [0.25, 0.3) is 5.56 Å². The Balaban J connectivity index is 2.44. The first kappa shape index (κ1) is 20.8. The number of ether oxygens (including phenoxy) is 3. The average Bonchev–Trinajstić information content (AvgIpc) is 2.88. The molecule has 1 aliphatic heterocycles. The van der Waals surface area contributed by atoms with Crippen LogP contribution in [0.1, 0.15) is 18.7 Å². The van der Waals surface area contributed by atoms with Crippen LogP contribution < -0.4 is 11.2 Å². The van der Waals surface area contributed by atoms with Crippen molar-refractivity contribution in [3.8, 4) is 0 Å². The third kappa shape index (κ3) is 4.63. The number of aliphatic hydroxyl groups is 1. The zero-order valence-electron chi connectivity index (χ0n) is 14.5. The van der Waals surface area contributed by atoms with Gasteiger partial charge in [-0.15, -0.1) is 9.42 Å². The molecule has 146 valence electrons. The molecule has 1 fully saturated rings. The van der Waals surface area contributed by atoms with Gasteiger partial charge in [-0.05, 0) is 13.8 Å². The highest BCUT2D eigenvalue weighted by atomic mass is 31.1. The summed E-state index contributed by atoms with van der Waals surface area (Å²) in [6.45, 7) is 2.89. The van der Waals surface area contributed by atoms with Crippen LogP contribution in [0.25, 0.3) is 0 Å². The lowest BCUT2D eigenvalue weighted by Gasteiger charge is -2.25. The number of aromatic nitrogens is 2. The van der Waals surface area contributed by atoms with Crippen molar-refractivity contribution in [2.24, 2.45) is 0 Å². The fraction of sp³-hybridized carbons (Fsp3) is 0.714. The molecule has 0 bridgehead atoms. The van der Waals surface area contributed by atoms with Crippen molar-refractivity contribution in [3.05, 3.63) is 32.6 Å². The van der Waals surface area contributed by atoms with Crippen molar-refractivity contribution in [1.82, 2.24) is 9.55 Å². The second kappa shape index (κ2) is 8.96. The molecule has 6 atom stereocenters. The van der Waals surface area contributed by atoms with Gasteiger partial charge in [0, 0.05) is 23.4 Å². The number of nitrogens with one attached hydrogen (secondary N) is 1. The van der Waals surface area contributed by atoms with Gasteiger partial charge in [0.15, 0.2) is 12.3 Å². The van der Waals surface area contributed by atoms with Crippen molar-refractivity contribution in [3.63, 3.8) is 0 Å². The van der Waals surface area contributed by atoms with Gasteiger partial charge >= 0.3 is 13.9 Å². The van der Waals surface area contributed by atoms with E-state index in [0.29, 0.717) is 0 Å². The van der Waals surface area contributed by atoms with E-state index in [1.165, 1.54) is 20.2 Å². The highest BCUT2D eigenvalue weighted by molar-refractivity contribution is 7.32. The lowest BCUT2D eigenvalue weighted by Crippen LogP contribution is -2.42. The molecule has 26 heavy (non-hydrogen) atoms. The Labute approximate surface area is 149 Å². The fourth-order valence-electron chi connectivity index (χ4n) is 2.77. The minimum Gasteiger partial charge on any atom is -0.394 e. The Morgan fingerprint density at radius 3 is 2.69 bits per heavy atom. The molecule has 12 heteroatoms. The number of H-pyrrole nitrogens is 1. The Morgan fingerprint density at radius 1 is 1.42 bits per heavy atom. The Hall–Kier alpha value is -1.46. The number of aliphatic hydroxyl groups excluding tert-OH is 1. The zero-order valence-corrected chi connectivity index (χ0v) is 15.4. The maximum Gasteiger partial charge on any atom is 0.695 e. The van der Waals surface area contributed by atoms with Crippen molar-refractivity contribution >= 4 is 8.25 Å². The fourth-order valence-corrected chi connectivity index (χ4v) is 3.24. The normalized spacial score (nSPS) is 27.5. The van der Waals surface area contributed by atoms with Gasteiger partial charge in [-0.3, -0.25) is 14.3 Å². The third-order valence-electron chi connectivity index (χ3n) is 3.89. The molecule has 11 nitrogen and oxygen atoms in total. The molecule has 0 aromatic carbocycles. The second-order valence-corrected chi connectivity index (χ2v) is 6.59. The molecule has 6 unspecified atom stereocenters. The molecule has 1 aliphatic rings. The largest absolute Gasteiger partial charge is 0.695 e. The lowest BCUT2D eigenvalue weighted by atomic mass is 10.1. The van der Waals surface area contributed by atoms with Crippen LogP contribution >= 0.6 is 8.25 Å². The molecule has 1 saturated heterocycles. The number of hydrogen-bond donors (Lipinski definition) is 3. The highest BCUT2D eigenvalue weighted by Gasteiger charge is 2.52. The summed E-state index contributed by atoms with van der Waals surface area (Å²) in [5.41, 5.74) is -1.03. The first-order valence-corrected chi connectivity index (χ1v) is 8.97. The molecule has 0 spiro atoms. The van der Waals surface area contributed by atoms with Crippen LogP contribution in [0.2, 0.25) is 0 Å². The van der Waals surface area contributed by atoms with Crippen LogP contribution in [0, 0.1) is 6.92 Å². The van der Waals surface area contributed by atoms with Crippen LogP contribution in [0.15, 0.2) is 15.8 Å². The van der Waals surface area contributed by atoms with E-state index in [4.69, 9.17) is 23.6 Å². The van der Waals surface area contributed by atoms with Crippen molar-refractivity contribution in [1.29, 1.82) is 0 Å². The van der Waals surface area contributed by atoms with E-state index in [0.717, 1.165) is 4.57 Å². The summed E-state index contributed by atoms with van der Waals surface area (Å²) in [6, 6.07) is 0. The van der Waals surface area contributed by atoms with Gasteiger partial charge in [0.2, 0.25) is 0 Å². The lowest BCUT2D eigenvalue weighted by molar-refractivity contribution is -0.109. The monoisotopic (exact) mass is 393 g/mol. The van der Waals surface area contributed by atoms with Crippen molar-refractivity contribution in [2.75, 3.05) is 20.3 Å². The van der Waals surface area contributed by atoms with Gasteiger partial charge in [0.1, 0.15) is 12.2 Å². The maximum atomic E-state index is 12.2. The first-order valence-electron chi connectivity index (χ1n) is 7.84. The number of methoxy groups -OCH3 is 1. The molecule has 0 radical (unpaired) electrons. The van der Waals surface area contributed by atoms with Crippen LogP contribution in [0.5, 0.6) is 0 Å². The quantitative estimate of drug-likeness (QED) is 0.482. The SMILES string of the molecule is COCC(C)OC1C(O[P+](=O)O)C(CO)OC1n1cc(C)c(=O)[nH]c1=O. The summed E-state index contributed by atoms with van der Waals surface area (Å²) in [5, 5.41) is 9.53. The van der Waals surface area contributed by atoms with E-state index in [-0.39, 0.29) is 12.2 Å². The van der Waals surface area contributed by atoms with Crippen molar-refractivity contribution < 1.29 is 33.3 Å². The molecular formula is C14H22N2O9P+. The maximum absolute atomic E-state index is 12.2. The van der Waals surface area contributed by atoms with Gasteiger partial charge in [-0.1, -0.05) is 0 Å². The van der Waals surface area contributed by atoms with Gasteiger partial charge in [-0.25, -0.2) is 4.79 Å². The van der Waals surface area contributed by atoms with E-state index >= 15 is 0 Å². The summed E-state index contributed by atoms with van der Waals surface area (Å²) in [4.78, 5) is 35.1. The smallest absolute Gasteiger partial charge is 0.394 e. The van der Waals surface area contributed by atoms with Crippen LogP contribution in [0.3, 0.4) is 0 Å². The molecule has 1 aromatic heterocycles. The summed E-state index contributed by atoms with van der Waals surface area (Å²) in [7, 11) is -1.53. The average molecular weight is 393 g/mol. The minimum absolute atomic E-state index is 0.213. The second-order valence-electron chi connectivity index (χ2n) is 5.90. The van der Waals surface area contributed by atoms with E-state index in [1.54, 1.807) is 6.92 Å². The van der Waals surface area contributed by atoms with Gasteiger partial charge in [-0.2, -0.15) is 0 Å². The minimum atomic E-state index is -3.01. The number of rotatable bonds is 8. The topological polar surface area (TPSA) is 149 Å². The van der Waals surface area contributed by atoms with E-state index in [2.05, 4.69) is 4.98 Å². The molecule has 3 N–H and O–H groups in total. The summed E-state index contributed by atoms with van der Waals surface area (Å²) in [6.07, 6.45) is -3.39. The number of aromatic amines is 1. The van der Waals surface area contributed by atoms with E-state index in [9.17, 15) is 19.3 Å². The van der Waals surface area contributed by atoms with Gasteiger partial charge < -0.3 is 19.3 Å². The zero-order chi connectivity index (χ0) is 19.4. The number of aryl methyl sites for hydroxylation is 1.